The number of nitrogens with two attached hydrogens (primary N) is 1. The van der Waals surface area contributed by atoms with Crippen molar-refractivity contribution in [2.75, 3.05) is 13.1 Å². The summed E-state index contributed by atoms with van der Waals surface area (Å²) in [4.78, 5) is 2.44. The summed E-state index contributed by atoms with van der Waals surface area (Å²) in [5.74, 6) is -0.689. The molecule has 1 aromatic rings. The van der Waals surface area contributed by atoms with E-state index in [4.69, 9.17) is 5.73 Å². The van der Waals surface area contributed by atoms with Gasteiger partial charge < -0.3 is 5.73 Å². The molecule has 0 aromatic heterocycles. The number of likely N-dealkylation sites (tertiary alicyclic amines) is 1. The predicted octanol–water partition coefficient (Wildman–Crippen LogP) is 3.23. The molecular formula is C16H22F2N2. The van der Waals surface area contributed by atoms with Crippen LogP contribution in [0.2, 0.25) is 0 Å². The summed E-state index contributed by atoms with van der Waals surface area (Å²) in [6.45, 7) is 1.59. The Bertz CT molecular complexity index is 453. The van der Waals surface area contributed by atoms with Crippen molar-refractivity contribution < 1.29 is 8.78 Å². The van der Waals surface area contributed by atoms with Gasteiger partial charge in [-0.25, -0.2) is 8.78 Å². The molecule has 2 unspecified atom stereocenters. The van der Waals surface area contributed by atoms with Crippen molar-refractivity contribution >= 4 is 0 Å². The highest BCUT2D eigenvalue weighted by Gasteiger charge is 2.39. The van der Waals surface area contributed by atoms with E-state index >= 15 is 0 Å². The highest BCUT2D eigenvalue weighted by molar-refractivity contribution is 5.23. The van der Waals surface area contributed by atoms with E-state index in [0.717, 1.165) is 37.4 Å². The number of benzene rings is 1. The van der Waals surface area contributed by atoms with Gasteiger partial charge in [0.05, 0.1) is 0 Å². The SMILES string of the molecule is NCC1CCCCN(C2CC2)C1c1cc(F)cc(F)c1. The summed E-state index contributed by atoms with van der Waals surface area (Å²) in [7, 11) is 0. The zero-order chi connectivity index (χ0) is 14.1. The highest BCUT2D eigenvalue weighted by Crippen LogP contribution is 2.41. The number of hydrogen-bond donors (Lipinski definition) is 1. The summed E-state index contributed by atoms with van der Waals surface area (Å²) in [6.07, 6.45) is 5.75. The molecule has 0 radical (unpaired) electrons. The molecule has 110 valence electrons. The second kappa shape index (κ2) is 5.78. The lowest BCUT2D eigenvalue weighted by molar-refractivity contribution is 0.148. The third-order valence-electron chi connectivity index (χ3n) is 4.59. The summed E-state index contributed by atoms with van der Waals surface area (Å²) in [5.41, 5.74) is 6.70. The minimum Gasteiger partial charge on any atom is -0.330 e. The topological polar surface area (TPSA) is 29.3 Å². The molecule has 0 bridgehead atoms. The van der Waals surface area contributed by atoms with Crippen LogP contribution in [0.25, 0.3) is 0 Å². The van der Waals surface area contributed by atoms with Gasteiger partial charge in [0, 0.05) is 18.2 Å². The fourth-order valence-electron chi connectivity index (χ4n) is 3.54. The van der Waals surface area contributed by atoms with Gasteiger partial charge in [0.2, 0.25) is 0 Å². The standard InChI is InChI=1S/C16H22F2N2/c17-13-7-12(8-14(18)9-13)16-11(10-19)3-1-2-6-20(16)15-4-5-15/h7-9,11,15-16H,1-6,10,19H2. The Balaban J connectivity index is 1.97. The molecule has 2 atom stereocenters. The van der Waals surface area contributed by atoms with Crippen molar-refractivity contribution in [2.24, 2.45) is 11.7 Å². The predicted molar refractivity (Wildman–Crippen MR) is 75.2 cm³/mol. The maximum absolute atomic E-state index is 13.6. The van der Waals surface area contributed by atoms with Crippen molar-refractivity contribution in [3.63, 3.8) is 0 Å². The quantitative estimate of drug-likeness (QED) is 0.921. The van der Waals surface area contributed by atoms with Crippen LogP contribution < -0.4 is 5.73 Å². The number of nitrogens with zero attached hydrogens (tertiary/aromatic N) is 1. The summed E-state index contributed by atoms with van der Waals surface area (Å²) in [6, 6.07) is 4.56. The summed E-state index contributed by atoms with van der Waals surface area (Å²) < 4.78 is 27.1. The van der Waals surface area contributed by atoms with Crippen molar-refractivity contribution in [3.05, 3.63) is 35.4 Å². The second-order valence-corrected chi connectivity index (χ2v) is 6.11. The average molecular weight is 280 g/mol. The van der Waals surface area contributed by atoms with Crippen LogP contribution in [0.3, 0.4) is 0 Å². The normalized spacial score (nSPS) is 28.4. The zero-order valence-electron chi connectivity index (χ0n) is 11.7. The molecule has 2 nitrogen and oxygen atoms in total. The lowest BCUT2D eigenvalue weighted by Gasteiger charge is -2.35. The smallest absolute Gasteiger partial charge is 0.126 e. The molecule has 1 saturated carbocycles. The fourth-order valence-corrected chi connectivity index (χ4v) is 3.54. The largest absolute Gasteiger partial charge is 0.330 e. The Morgan fingerprint density at radius 1 is 1.05 bits per heavy atom. The van der Waals surface area contributed by atoms with Crippen LogP contribution in [0.5, 0.6) is 0 Å². The van der Waals surface area contributed by atoms with Gasteiger partial charge in [-0.2, -0.15) is 0 Å². The Kier molecular flexibility index (Phi) is 4.03. The van der Waals surface area contributed by atoms with E-state index in [-0.39, 0.29) is 6.04 Å². The third kappa shape index (κ3) is 2.86. The summed E-state index contributed by atoms with van der Waals surface area (Å²) in [5, 5.41) is 0. The van der Waals surface area contributed by atoms with E-state index < -0.39 is 11.6 Å². The van der Waals surface area contributed by atoms with Crippen LogP contribution in [0, 0.1) is 17.6 Å². The number of rotatable bonds is 3. The van der Waals surface area contributed by atoms with E-state index in [1.54, 1.807) is 0 Å². The van der Waals surface area contributed by atoms with Gasteiger partial charge in [-0.1, -0.05) is 6.42 Å². The molecular weight excluding hydrogens is 258 g/mol. The van der Waals surface area contributed by atoms with Crippen molar-refractivity contribution in [1.29, 1.82) is 0 Å². The lowest BCUT2D eigenvalue weighted by Crippen LogP contribution is -2.37. The van der Waals surface area contributed by atoms with E-state index in [0.29, 0.717) is 18.5 Å². The van der Waals surface area contributed by atoms with Gasteiger partial charge in [-0.3, -0.25) is 4.90 Å². The van der Waals surface area contributed by atoms with Gasteiger partial charge in [0.25, 0.3) is 0 Å². The molecule has 1 aliphatic heterocycles. The minimum atomic E-state index is -0.490. The second-order valence-electron chi connectivity index (χ2n) is 6.11. The van der Waals surface area contributed by atoms with Gasteiger partial charge in [0.15, 0.2) is 0 Å². The van der Waals surface area contributed by atoms with E-state index in [1.165, 1.54) is 25.0 Å². The van der Waals surface area contributed by atoms with E-state index in [9.17, 15) is 8.78 Å². The number of halogens is 2. The van der Waals surface area contributed by atoms with Crippen LogP contribution in [0.15, 0.2) is 18.2 Å². The van der Waals surface area contributed by atoms with Crippen molar-refractivity contribution in [1.82, 2.24) is 4.90 Å². The molecule has 0 amide bonds. The van der Waals surface area contributed by atoms with Crippen molar-refractivity contribution in [3.8, 4) is 0 Å². The maximum Gasteiger partial charge on any atom is 0.126 e. The van der Waals surface area contributed by atoms with Gasteiger partial charge >= 0.3 is 0 Å². The molecule has 2 fully saturated rings. The van der Waals surface area contributed by atoms with Gasteiger partial charge in [-0.15, -0.1) is 0 Å². The zero-order valence-corrected chi connectivity index (χ0v) is 11.7. The molecule has 1 saturated heterocycles. The Labute approximate surface area is 118 Å². The molecule has 1 aromatic carbocycles. The molecule has 1 heterocycles. The Hall–Kier alpha value is -1.00. The first-order valence-electron chi connectivity index (χ1n) is 7.61. The Morgan fingerprint density at radius 3 is 2.35 bits per heavy atom. The highest BCUT2D eigenvalue weighted by atomic mass is 19.1. The lowest BCUT2D eigenvalue weighted by atomic mass is 9.89. The minimum absolute atomic E-state index is 0.0696. The van der Waals surface area contributed by atoms with Gasteiger partial charge in [0.1, 0.15) is 11.6 Å². The average Bonchev–Trinajstić information content (AvgIpc) is 3.23. The molecule has 3 rings (SSSR count). The van der Waals surface area contributed by atoms with Crippen LogP contribution in [0.4, 0.5) is 8.78 Å². The van der Waals surface area contributed by atoms with Crippen LogP contribution in [-0.2, 0) is 0 Å². The first kappa shape index (κ1) is 14.0. The molecule has 2 aliphatic rings. The first-order valence-corrected chi connectivity index (χ1v) is 7.61. The molecule has 20 heavy (non-hydrogen) atoms. The molecule has 4 heteroatoms. The first-order chi connectivity index (χ1) is 9.69. The molecule has 1 aliphatic carbocycles. The van der Waals surface area contributed by atoms with Crippen LogP contribution in [0.1, 0.15) is 43.7 Å². The van der Waals surface area contributed by atoms with Crippen LogP contribution >= 0.6 is 0 Å². The van der Waals surface area contributed by atoms with Crippen LogP contribution in [-0.4, -0.2) is 24.0 Å². The van der Waals surface area contributed by atoms with Crippen molar-refractivity contribution in [2.45, 2.75) is 44.2 Å². The molecule has 2 N–H and O–H groups in total. The number of hydrogen-bond acceptors (Lipinski definition) is 2. The molecule has 0 spiro atoms. The van der Waals surface area contributed by atoms with Gasteiger partial charge in [-0.05, 0) is 62.4 Å². The van der Waals surface area contributed by atoms with E-state index in [2.05, 4.69) is 4.90 Å². The fraction of sp³-hybridized carbons (Fsp3) is 0.625. The monoisotopic (exact) mass is 280 g/mol. The Morgan fingerprint density at radius 2 is 1.75 bits per heavy atom. The van der Waals surface area contributed by atoms with E-state index in [1.807, 2.05) is 0 Å². The summed E-state index contributed by atoms with van der Waals surface area (Å²) >= 11 is 0. The maximum atomic E-state index is 13.6. The third-order valence-corrected chi connectivity index (χ3v) is 4.59.